The van der Waals surface area contributed by atoms with E-state index in [-0.39, 0.29) is 5.91 Å². The Balaban J connectivity index is 2.19. The first-order valence-electron chi connectivity index (χ1n) is 6.21. The van der Waals surface area contributed by atoms with E-state index in [0.29, 0.717) is 22.8 Å². The lowest BCUT2D eigenvalue weighted by Crippen LogP contribution is -2.35. The monoisotopic (exact) mass is 294 g/mol. The van der Waals surface area contributed by atoms with Gasteiger partial charge in [-0.05, 0) is 35.0 Å². The highest BCUT2D eigenvalue weighted by atomic mass is 35.5. The molecule has 20 heavy (non-hydrogen) atoms. The molecule has 0 aliphatic carbocycles. The average molecular weight is 295 g/mol. The molecule has 7 nitrogen and oxygen atoms in total. The third kappa shape index (κ3) is 3.31. The largest absolute Gasteiger partial charge is 0.323 e. The van der Waals surface area contributed by atoms with Gasteiger partial charge in [-0.1, -0.05) is 24.9 Å². The molecule has 0 spiro atoms. The topological polar surface area (TPSA) is 98.7 Å². The van der Waals surface area contributed by atoms with E-state index >= 15 is 0 Å². The number of hydrogen-bond acceptors (Lipinski definition) is 5. The second-order valence-corrected chi connectivity index (χ2v) is 4.71. The first-order valence-corrected chi connectivity index (χ1v) is 6.59. The second-order valence-electron chi connectivity index (χ2n) is 4.30. The molecule has 0 saturated carbocycles. The fourth-order valence-corrected chi connectivity index (χ4v) is 1.86. The van der Waals surface area contributed by atoms with E-state index in [1.165, 1.54) is 11.0 Å². The highest BCUT2D eigenvalue weighted by molar-refractivity contribution is 6.33. The van der Waals surface area contributed by atoms with E-state index in [0.717, 1.165) is 6.42 Å². The Morgan fingerprint density at radius 1 is 1.55 bits per heavy atom. The van der Waals surface area contributed by atoms with Crippen molar-refractivity contribution in [3.05, 3.63) is 29.5 Å². The molecule has 0 fully saturated rings. The summed E-state index contributed by atoms with van der Waals surface area (Å²) in [6.07, 6.45) is 2.92. The van der Waals surface area contributed by atoms with Crippen LogP contribution in [0.25, 0.3) is 5.69 Å². The van der Waals surface area contributed by atoms with Crippen molar-refractivity contribution in [1.82, 2.24) is 20.2 Å². The normalized spacial score (nSPS) is 12.2. The van der Waals surface area contributed by atoms with Crippen LogP contribution in [-0.2, 0) is 4.79 Å². The predicted octanol–water partition coefficient (Wildman–Crippen LogP) is 1.38. The molecule has 1 aromatic heterocycles. The number of benzene rings is 1. The van der Waals surface area contributed by atoms with Gasteiger partial charge in [-0.25, -0.2) is 4.68 Å². The van der Waals surface area contributed by atoms with Gasteiger partial charge in [-0.2, -0.15) is 0 Å². The minimum atomic E-state index is -0.548. The van der Waals surface area contributed by atoms with E-state index in [2.05, 4.69) is 20.8 Å². The van der Waals surface area contributed by atoms with Crippen molar-refractivity contribution in [2.45, 2.75) is 25.8 Å². The third-order valence-electron chi connectivity index (χ3n) is 2.76. The highest BCUT2D eigenvalue weighted by Crippen LogP contribution is 2.24. The summed E-state index contributed by atoms with van der Waals surface area (Å²) in [5.74, 6) is -0.261. The van der Waals surface area contributed by atoms with Gasteiger partial charge in [0, 0.05) is 0 Å². The van der Waals surface area contributed by atoms with Gasteiger partial charge in [0.05, 0.1) is 22.4 Å². The molecule has 0 radical (unpaired) electrons. The van der Waals surface area contributed by atoms with Crippen LogP contribution in [0.2, 0.25) is 5.02 Å². The smallest absolute Gasteiger partial charge is 0.241 e. The summed E-state index contributed by atoms with van der Waals surface area (Å²) in [5, 5.41) is 14.0. The zero-order valence-electron chi connectivity index (χ0n) is 11.0. The van der Waals surface area contributed by atoms with Crippen molar-refractivity contribution in [2.24, 2.45) is 5.73 Å². The molecule has 0 bridgehead atoms. The van der Waals surface area contributed by atoms with Crippen molar-refractivity contribution in [3.63, 3.8) is 0 Å². The van der Waals surface area contributed by atoms with Crippen LogP contribution in [0.15, 0.2) is 24.5 Å². The quantitative estimate of drug-likeness (QED) is 0.868. The Morgan fingerprint density at radius 3 is 3.00 bits per heavy atom. The number of carbonyl (C=O) groups excluding carboxylic acids is 1. The summed E-state index contributed by atoms with van der Waals surface area (Å²) < 4.78 is 1.47. The molecule has 106 valence electrons. The van der Waals surface area contributed by atoms with Crippen LogP contribution in [-0.4, -0.2) is 32.2 Å². The van der Waals surface area contributed by atoms with Gasteiger partial charge in [-0.3, -0.25) is 4.79 Å². The highest BCUT2D eigenvalue weighted by Gasteiger charge is 2.14. The number of nitrogens with two attached hydrogens (primary N) is 1. The van der Waals surface area contributed by atoms with Crippen LogP contribution in [0.5, 0.6) is 0 Å². The average Bonchev–Trinajstić information content (AvgIpc) is 2.95. The Morgan fingerprint density at radius 2 is 2.35 bits per heavy atom. The van der Waals surface area contributed by atoms with Crippen molar-refractivity contribution < 1.29 is 4.79 Å². The minimum absolute atomic E-state index is 0.261. The van der Waals surface area contributed by atoms with E-state index in [9.17, 15) is 4.79 Å². The van der Waals surface area contributed by atoms with E-state index < -0.39 is 6.04 Å². The number of carbonyl (C=O) groups is 1. The van der Waals surface area contributed by atoms with Gasteiger partial charge >= 0.3 is 0 Å². The minimum Gasteiger partial charge on any atom is -0.323 e. The number of nitrogens with zero attached hydrogens (tertiary/aromatic N) is 4. The maximum atomic E-state index is 11.9. The number of tetrazole rings is 1. The molecule has 3 N–H and O–H groups in total. The Kier molecular flexibility index (Phi) is 4.65. The van der Waals surface area contributed by atoms with Gasteiger partial charge in [0.2, 0.25) is 5.91 Å². The maximum absolute atomic E-state index is 11.9. The zero-order valence-corrected chi connectivity index (χ0v) is 11.7. The van der Waals surface area contributed by atoms with Gasteiger partial charge in [0.1, 0.15) is 6.33 Å². The number of nitrogens with one attached hydrogen (secondary N) is 1. The van der Waals surface area contributed by atoms with Crippen LogP contribution in [0, 0.1) is 0 Å². The van der Waals surface area contributed by atoms with Crippen molar-refractivity contribution >= 4 is 23.2 Å². The van der Waals surface area contributed by atoms with Crippen molar-refractivity contribution in [2.75, 3.05) is 5.32 Å². The molecule has 1 atom stereocenters. The van der Waals surface area contributed by atoms with Crippen LogP contribution in [0.4, 0.5) is 5.69 Å². The summed E-state index contributed by atoms with van der Waals surface area (Å²) in [6, 6.07) is 4.56. The molecule has 2 aromatic rings. The summed E-state index contributed by atoms with van der Waals surface area (Å²) >= 11 is 6.07. The number of aromatic nitrogens is 4. The summed E-state index contributed by atoms with van der Waals surface area (Å²) in [4.78, 5) is 11.9. The van der Waals surface area contributed by atoms with Crippen molar-refractivity contribution in [3.8, 4) is 5.69 Å². The van der Waals surface area contributed by atoms with E-state index in [4.69, 9.17) is 17.3 Å². The molecule has 0 aliphatic heterocycles. The first-order chi connectivity index (χ1) is 9.61. The fraction of sp³-hybridized carbons (Fsp3) is 0.333. The second kappa shape index (κ2) is 6.44. The fourth-order valence-electron chi connectivity index (χ4n) is 1.70. The molecule has 8 heteroatoms. The number of amides is 1. The number of rotatable bonds is 5. The molecule has 1 heterocycles. The van der Waals surface area contributed by atoms with Gasteiger partial charge in [0.25, 0.3) is 0 Å². The SMILES string of the molecule is CCCC(N)C(=O)Nc1cc(-n2cnnn2)ccc1Cl. The molecule has 0 aliphatic rings. The molecular formula is C12H15ClN6O. The summed E-state index contributed by atoms with van der Waals surface area (Å²) in [6.45, 7) is 1.97. The lowest BCUT2D eigenvalue weighted by molar-refractivity contribution is -0.117. The molecule has 1 unspecified atom stereocenters. The van der Waals surface area contributed by atoms with E-state index in [1.54, 1.807) is 18.2 Å². The predicted molar refractivity (Wildman–Crippen MR) is 75.7 cm³/mol. The van der Waals surface area contributed by atoms with Gasteiger partial charge in [0.15, 0.2) is 0 Å². The molecule has 2 rings (SSSR count). The Labute approximate surface area is 121 Å². The van der Waals surface area contributed by atoms with Gasteiger partial charge in [-0.15, -0.1) is 5.10 Å². The zero-order chi connectivity index (χ0) is 14.5. The molecule has 1 aromatic carbocycles. The lowest BCUT2D eigenvalue weighted by Gasteiger charge is -2.13. The van der Waals surface area contributed by atoms with Crippen LogP contribution in [0.3, 0.4) is 0 Å². The van der Waals surface area contributed by atoms with Gasteiger partial charge < -0.3 is 11.1 Å². The summed E-state index contributed by atoms with van der Waals surface area (Å²) in [5.41, 5.74) is 6.94. The number of hydrogen-bond donors (Lipinski definition) is 2. The van der Waals surface area contributed by atoms with Crippen LogP contribution in [0.1, 0.15) is 19.8 Å². The standard InChI is InChI=1S/C12H15ClN6O/c1-2-3-10(14)12(20)16-11-6-8(4-5-9(11)13)19-7-15-17-18-19/h4-7,10H,2-3,14H2,1H3,(H,16,20). The van der Waals surface area contributed by atoms with Crippen LogP contribution < -0.4 is 11.1 Å². The number of halogens is 1. The van der Waals surface area contributed by atoms with E-state index in [1.807, 2.05) is 6.92 Å². The molecule has 0 saturated heterocycles. The Hall–Kier alpha value is -1.99. The summed E-state index contributed by atoms with van der Waals surface area (Å²) in [7, 11) is 0. The first kappa shape index (κ1) is 14.4. The third-order valence-corrected chi connectivity index (χ3v) is 3.09. The molecule has 1 amide bonds. The Bertz CT molecular complexity index is 586. The maximum Gasteiger partial charge on any atom is 0.241 e. The van der Waals surface area contributed by atoms with Crippen LogP contribution >= 0.6 is 11.6 Å². The lowest BCUT2D eigenvalue weighted by atomic mass is 10.1. The molecular weight excluding hydrogens is 280 g/mol. The van der Waals surface area contributed by atoms with Crippen molar-refractivity contribution in [1.29, 1.82) is 0 Å². The number of anilines is 1.